The first-order valence-electron chi connectivity index (χ1n) is 5.16. The summed E-state index contributed by atoms with van der Waals surface area (Å²) >= 11 is -0.822. The van der Waals surface area contributed by atoms with Crippen molar-refractivity contribution in [2.24, 2.45) is 0 Å². The molecular weight excluding hydrogens is 220 g/mol. The van der Waals surface area contributed by atoms with Crippen LogP contribution in [0, 0.1) is 6.07 Å². The summed E-state index contributed by atoms with van der Waals surface area (Å²) in [5, 5.41) is 4.18. The number of hydrogen-bond donors (Lipinski definition) is 0. The smallest absolute Gasteiger partial charge is 0.133 e. The van der Waals surface area contributed by atoms with Crippen LogP contribution < -0.4 is 0 Å². The van der Waals surface area contributed by atoms with Crippen molar-refractivity contribution in [2.45, 2.75) is 12.7 Å². The van der Waals surface area contributed by atoms with Crippen LogP contribution in [0.4, 0.5) is 0 Å². The maximum atomic E-state index is 11.6. The molecule has 1 heterocycles. The lowest BCUT2D eigenvalue weighted by Crippen LogP contribution is -2.09. The SMILES string of the molecule is CC[S+]([O-])Cc1[c]cccc1-n1cccn1. The van der Waals surface area contributed by atoms with Gasteiger partial charge in [0.1, 0.15) is 11.5 Å². The van der Waals surface area contributed by atoms with Crippen LogP contribution >= 0.6 is 0 Å². The van der Waals surface area contributed by atoms with Gasteiger partial charge in [-0.15, -0.1) is 0 Å². The van der Waals surface area contributed by atoms with E-state index in [-0.39, 0.29) is 0 Å². The Morgan fingerprint density at radius 3 is 3.06 bits per heavy atom. The van der Waals surface area contributed by atoms with Gasteiger partial charge in [-0.1, -0.05) is 12.1 Å². The summed E-state index contributed by atoms with van der Waals surface area (Å²) in [6, 6.07) is 10.7. The summed E-state index contributed by atoms with van der Waals surface area (Å²) in [7, 11) is 0. The van der Waals surface area contributed by atoms with E-state index in [2.05, 4.69) is 11.2 Å². The second-order valence-electron chi connectivity index (χ2n) is 3.36. The number of rotatable bonds is 4. The van der Waals surface area contributed by atoms with Crippen LogP contribution in [-0.2, 0) is 16.9 Å². The molecule has 2 rings (SSSR count). The van der Waals surface area contributed by atoms with Crippen LogP contribution in [-0.4, -0.2) is 20.1 Å². The van der Waals surface area contributed by atoms with E-state index in [1.165, 1.54) is 0 Å². The molecule has 0 saturated carbocycles. The lowest BCUT2D eigenvalue weighted by Gasteiger charge is -2.11. The van der Waals surface area contributed by atoms with Gasteiger partial charge in [-0.2, -0.15) is 5.10 Å². The van der Waals surface area contributed by atoms with Crippen molar-refractivity contribution in [1.82, 2.24) is 9.78 Å². The maximum Gasteiger partial charge on any atom is 0.133 e. The van der Waals surface area contributed by atoms with Gasteiger partial charge in [-0.3, -0.25) is 0 Å². The molecule has 0 N–H and O–H groups in total. The molecule has 0 fully saturated rings. The number of hydrogen-bond acceptors (Lipinski definition) is 2. The van der Waals surface area contributed by atoms with Gasteiger partial charge >= 0.3 is 0 Å². The highest BCUT2D eigenvalue weighted by Crippen LogP contribution is 2.16. The molecule has 16 heavy (non-hydrogen) atoms. The van der Waals surface area contributed by atoms with E-state index in [4.69, 9.17) is 0 Å². The largest absolute Gasteiger partial charge is 0.616 e. The quantitative estimate of drug-likeness (QED) is 0.757. The number of benzene rings is 1. The van der Waals surface area contributed by atoms with Crippen LogP contribution in [0.2, 0.25) is 0 Å². The lowest BCUT2D eigenvalue weighted by atomic mass is 10.2. The molecule has 1 radical (unpaired) electrons. The third-order valence-corrected chi connectivity index (χ3v) is 3.55. The van der Waals surface area contributed by atoms with E-state index >= 15 is 0 Å². The number of aromatic nitrogens is 2. The van der Waals surface area contributed by atoms with Crippen molar-refractivity contribution in [3.8, 4) is 5.69 Å². The zero-order chi connectivity index (χ0) is 11.4. The molecule has 0 spiro atoms. The minimum absolute atomic E-state index is 0.534. The molecule has 0 aliphatic rings. The Hall–Kier alpha value is -1.26. The monoisotopic (exact) mass is 233 g/mol. The Morgan fingerprint density at radius 1 is 1.50 bits per heavy atom. The predicted molar refractivity (Wildman–Crippen MR) is 64.8 cm³/mol. The first-order valence-corrected chi connectivity index (χ1v) is 6.64. The van der Waals surface area contributed by atoms with Crippen molar-refractivity contribution in [1.29, 1.82) is 0 Å². The molecule has 1 atom stereocenters. The van der Waals surface area contributed by atoms with Crippen molar-refractivity contribution < 1.29 is 4.55 Å². The van der Waals surface area contributed by atoms with Gasteiger partial charge < -0.3 is 4.55 Å². The first kappa shape index (κ1) is 11.2. The molecule has 1 unspecified atom stereocenters. The minimum Gasteiger partial charge on any atom is -0.616 e. The molecule has 0 aliphatic carbocycles. The summed E-state index contributed by atoms with van der Waals surface area (Å²) < 4.78 is 13.3. The molecule has 0 aliphatic heterocycles. The molecule has 0 amide bonds. The maximum absolute atomic E-state index is 11.6. The third kappa shape index (κ3) is 2.46. The molecule has 0 bridgehead atoms. The highest BCUT2D eigenvalue weighted by atomic mass is 32.2. The van der Waals surface area contributed by atoms with Crippen LogP contribution in [0.3, 0.4) is 0 Å². The fraction of sp³-hybridized carbons (Fsp3) is 0.250. The zero-order valence-corrected chi connectivity index (χ0v) is 9.91. The van der Waals surface area contributed by atoms with E-state index < -0.39 is 11.2 Å². The van der Waals surface area contributed by atoms with Gasteiger partial charge in [0, 0.05) is 18.0 Å². The predicted octanol–water partition coefficient (Wildman–Crippen LogP) is 1.94. The standard InChI is InChI=1S/C12H13N2OS/c1-2-16(15)10-11-6-3-4-7-12(11)14-9-5-8-13-14/h3-5,7-9H,2,10H2,1H3. The minimum atomic E-state index is -0.822. The lowest BCUT2D eigenvalue weighted by molar-refractivity contribution is 0.595. The summed E-state index contributed by atoms with van der Waals surface area (Å²) in [6.45, 7) is 1.92. The highest BCUT2D eigenvalue weighted by molar-refractivity contribution is 7.90. The molecule has 1 aromatic heterocycles. The fourth-order valence-electron chi connectivity index (χ4n) is 1.47. The van der Waals surface area contributed by atoms with E-state index in [0.717, 1.165) is 11.3 Å². The van der Waals surface area contributed by atoms with E-state index in [1.807, 2.05) is 37.4 Å². The van der Waals surface area contributed by atoms with Gasteiger partial charge in [0.25, 0.3) is 0 Å². The molecular formula is C12H13N2OS. The first-order chi connectivity index (χ1) is 7.81. The second-order valence-corrected chi connectivity index (χ2v) is 5.10. The average Bonchev–Trinajstić information content (AvgIpc) is 2.83. The van der Waals surface area contributed by atoms with Gasteiger partial charge in [0.05, 0.1) is 5.69 Å². The van der Waals surface area contributed by atoms with Crippen LogP contribution in [0.15, 0.2) is 36.7 Å². The molecule has 3 nitrogen and oxygen atoms in total. The summed E-state index contributed by atoms with van der Waals surface area (Å²) in [6.07, 6.45) is 3.61. The second kappa shape index (κ2) is 5.18. The van der Waals surface area contributed by atoms with Gasteiger partial charge in [0.15, 0.2) is 0 Å². The van der Waals surface area contributed by atoms with Gasteiger partial charge in [-0.05, 0) is 36.3 Å². The molecule has 83 valence electrons. The van der Waals surface area contributed by atoms with E-state index in [1.54, 1.807) is 10.9 Å². The highest BCUT2D eigenvalue weighted by Gasteiger charge is 2.10. The summed E-state index contributed by atoms with van der Waals surface area (Å²) in [4.78, 5) is 0. The normalized spacial score (nSPS) is 12.6. The Bertz CT molecular complexity index is 442. The number of nitrogens with zero attached hydrogens (tertiary/aromatic N) is 2. The Kier molecular flexibility index (Phi) is 3.64. The zero-order valence-electron chi connectivity index (χ0n) is 9.09. The molecule has 0 saturated heterocycles. The molecule has 2 aromatic rings. The van der Waals surface area contributed by atoms with Gasteiger partial charge in [-0.25, -0.2) is 4.68 Å². The van der Waals surface area contributed by atoms with Crippen molar-refractivity contribution >= 4 is 11.2 Å². The Morgan fingerprint density at radius 2 is 2.38 bits per heavy atom. The van der Waals surface area contributed by atoms with Crippen LogP contribution in [0.25, 0.3) is 5.69 Å². The topological polar surface area (TPSA) is 40.9 Å². The average molecular weight is 233 g/mol. The Balaban J connectivity index is 2.31. The van der Waals surface area contributed by atoms with Crippen molar-refractivity contribution in [3.63, 3.8) is 0 Å². The fourth-order valence-corrected chi connectivity index (χ4v) is 2.22. The Labute approximate surface area is 98.3 Å². The summed E-state index contributed by atoms with van der Waals surface area (Å²) in [5.74, 6) is 1.20. The van der Waals surface area contributed by atoms with Crippen molar-refractivity contribution in [2.75, 3.05) is 5.75 Å². The van der Waals surface area contributed by atoms with E-state index in [9.17, 15) is 4.55 Å². The summed E-state index contributed by atoms with van der Waals surface area (Å²) in [5.41, 5.74) is 1.90. The third-order valence-electron chi connectivity index (χ3n) is 2.30. The van der Waals surface area contributed by atoms with E-state index in [0.29, 0.717) is 11.5 Å². The molecule has 4 heteroatoms. The van der Waals surface area contributed by atoms with Crippen LogP contribution in [0.5, 0.6) is 0 Å². The molecule has 1 aromatic carbocycles. The van der Waals surface area contributed by atoms with Crippen molar-refractivity contribution in [3.05, 3.63) is 48.3 Å². The van der Waals surface area contributed by atoms with Crippen LogP contribution in [0.1, 0.15) is 12.5 Å². The van der Waals surface area contributed by atoms with Gasteiger partial charge in [0.2, 0.25) is 0 Å².